The summed E-state index contributed by atoms with van der Waals surface area (Å²) >= 11 is 0. The number of ether oxygens (including phenoxy) is 1. The molecule has 0 saturated carbocycles. The van der Waals surface area contributed by atoms with Gasteiger partial charge in [0.05, 0.1) is 13.0 Å². The van der Waals surface area contributed by atoms with E-state index in [1.165, 1.54) is 0 Å². The maximum Gasteiger partial charge on any atom is 0.225 e. The molecule has 2 amide bonds. The molecular formula is C26H26N2O3. The van der Waals surface area contributed by atoms with Gasteiger partial charge in [0, 0.05) is 26.1 Å². The Bertz CT molecular complexity index is 1050. The highest BCUT2D eigenvalue weighted by Crippen LogP contribution is 2.24. The Morgan fingerprint density at radius 2 is 1.71 bits per heavy atom. The first-order valence-electron chi connectivity index (χ1n) is 10.5. The second kappa shape index (κ2) is 9.47. The summed E-state index contributed by atoms with van der Waals surface area (Å²) in [6.07, 6.45) is 0.252. The number of benzene rings is 3. The molecule has 5 nitrogen and oxygen atoms in total. The molecule has 1 unspecified atom stereocenters. The normalized spacial score (nSPS) is 15.7. The van der Waals surface area contributed by atoms with Crippen LogP contribution in [0.3, 0.4) is 0 Å². The molecule has 1 N–H and O–H groups in total. The number of nitrogens with one attached hydrogen (secondary N) is 1. The largest absolute Gasteiger partial charge is 0.497 e. The first kappa shape index (κ1) is 20.7. The van der Waals surface area contributed by atoms with Crippen molar-refractivity contribution >= 4 is 11.8 Å². The van der Waals surface area contributed by atoms with Gasteiger partial charge in [-0.1, -0.05) is 66.7 Å². The fourth-order valence-corrected chi connectivity index (χ4v) is 3.95. The van der Waals surface area contributed by atoms with Crippen molar-refractivity contribution in [3.05, 3.63) is 90.0 Å². The lowest BCUT2D eigenvalue weighted by atomic mass is 9.99. The SMILES string of the molecule is COc1ccc(CN2CC(C(=O)NCc3ccccc3-c3ccccc3)CC2=O)cc1. The number of likely N-dealkylation sites (tertiary alicyclic amines) is 1. The minimum absolute atomic E-state index is 0.0145. The second-order valence-electron chi connectivity index (χ2n) is 7.76. The van der Waals surface area contributed by atoms with E-state index in [1.807, 2.05) is 60.7 Å². The van der Waals surface area contributed by atoms with Gasteiger partial charge in [0.15, 0.2) is 0 Å². The van der Waals surface area contributed by atoms with E-state index in [4.69, 9.17) is 4.74 Å². The fraction of sp³-hybridized carbons (Fsp3) is 0.231. The summed E-state index contributed by atoms with van der Waals surface area (Å²) in [6.45, 7) is 1.38. The predicted octanol–water partition coefficient (Wildman–Crippen LogP) is 4.03. The van der Waals surface area contributed by atoms with E-state index in [1.54, 1.807) is 12.0 Å². The monoisotopic (exact) mass is 414 g/mol. The van der Waals surface area contributed by atoms with Crippen LogP contribution in [0.15, 0.2) is 78.9 Å². The second-order valence-corrected chi connectivity index (χ2v) is 7.76. The molecule has 158 valence electrons. The Kier molecular flexibility index (Phi) is 6.32. The van der Waals surface area contributed by atoms with Crippen LogP contribution in [0.4, 0.5) is 0 Å². The lowest BCUT2D eigenvalue weighted by Gasteiger charge is -2.17. The maximum absolute atomic E-state index is 12.8. The van der Waals surface area contributed by atoms with Crippen molar-refractivity contribution in [1.82, 2.24) is 10.2 Å². The lowest BCUT2D eigenvalue weighted by Crippen LogP contribution is -2.32. The van der Waals surface area contributed by atoms with Crippen molar-refractivity contribution in [3.8, 4) is 16.9 Å². The molecule has 1 aliphatic heterocycles. The van der Waals surface area contributed by atoms with E-state index in [-0.39, 0.29) is 24.2 Å². The molecule has 0 aromatic heterocycles. The summed E-state index contributed by atoms with van der Waals surface area (Å²) in [7, 11) is 1.63. The van der Waals surface area contributed by atoms with Crippen molar-refractivity contribution in [3.63, 3.8) is 0 Å². The van der Waals surface area contributed by atoms with E-state index < -0.39 is 0 Å². The van der Waals surface area contributed by atoms with Crippen molar-refractivity contribution in [2.75, 3.05) is 13.7 Å². The molecule has 4 rings (SSSR count). The van der Waals surface area contributed by atoms with E-state index in [9.17, 15) is 9.59 Å². The number of hydrogen-bond acceptors (Lipinski definition) is 3. The first-order chi connectivity index (χ1) is 15.1. The summed E-state index contributed by atoms with van der Waals surface area (Å²) in [4.78, 5) is 27.0. The molecule has 0 bridgehead atoms. The van der Waals surface area contributed by atoms with Crippen molar-refractivity contribution in [2.45, 2.75) is 19.5 Å². The molecule has 1 saturated heterocycles. The third kappa shape index (κ3) is 4.94. The van der Waals surface area contributed by atoms with Crippen LogP contribution in [0.1, 0.15) is 17.5 Å². The molecule has 3 aromatic rings. The summed E-state index contributed by atoms with van der Waals surface area (Å²) in [5.41, 5.74) is 4.30. The third-order valence-corrected chi connectivity index (χ3v) is 5.67. The van der Waals surface area contributed by atoms with Crippen LogP contribution >= 0.6 is 0 Å². The van der Waals surface area contributed by atoms with Crippen LogP contribution in [-0.4, -0.2) is 30.4 Å². The van der Waals surface area contributed by atoms with Crippen molar-refractivity contribution in [2.24, 2.45) is 5.92 Å². The van der Waals surface area contributed by atoms with Gasteiger partial charge < -0.3 is 15.0 Å². The Hall–Kier alpha value is -3.60. The molecule has 1 atom stereocenters. The Balaban J connectivity index is 1.36. The fourth-order valence-electron chi connectivity index (χ4n) is 3.95. The molecule has 1 heterocycles. The van der Waals surface area contributed by atoms with Crippen molar-refractivity contribution in [1.29, 1.82) is 0 Å². The predicted molar refractivity (Wildman–Crippen MR) is 120 cm³/mol. The zero-order chi connectivity index (χ0) is 21.6. The van der Waals surface area contributed by atoms with Gasteiger partial charge in [-0.3, -0.25) is 9.59 Å². The summed E-state index contributed by atoms with van der Waals surface area (Å²) in [6, 6.07) is 25.8. The van der Waals surface area contributed by atoms with Gasteiger partial charge in [-0.2, -0.15) is 0 Å². The minimum atomic E-state index is -0.324. The summed E-state index contributed by atoms with van der Waals surface area (Å²) < 4.78 is 5.18. The van der Waals surface area contributed by atoms with E-state index in [0.29, 0.717) is 19.6 Å². The molecule has 5 heteroatoms. The van der Waals surface area contributed by atoms with Gasteiger partial charge in [-0.15, -0.1) is 0 Å². The Morgan fingerprint density at radius 3 is 2.45 bits per heavy atom. The van der Waals surface area contributed by atoms with Crippen LogP contribution < -0.4 is 10.1 Å². The average Bonchev–Trinajstić information content (AvgIpc) is 3.19. The molecule has 1 aliphatic rings. The van der Waals surface area contributed by atoms with Crippen LogP contribution in [0.25, 0.3) is 11.1 Å². The zero-order valence-electron chi connectivity index (χ0n) is 17.6. The van der Waals surface area contributed by atoms with Gasteiger partial charge in [0.25, 0.3) is 0 Å². The van der Waals surface area contributed by atoms with Crippen molar-refractivity contribution < 1.29 is 14.3 Å². The number of methoxy groups -OCH3 is 1. The lowest BCUT2D eigenvalue weighted by molar-refractivity contribution is -0.129. The highest BCUT2D eigenvalue weighted by atomic mass is 16.5. The standard InChI is InChI=1S/C26H26N2O3/c1-31-23-13-11-19(12-14-23)17-28-18-22(15-25(28)29)26(30)27-16-21-9-5-6-10-24(21)20-7-3-2-4-8-20/h2-14,22H,15-18H2,1H3,(H,27,30). The summed E-state index contributed by atoms with van der Waals surface area (Å²) in [5, 5.41) is 3.04. The highest BCUT2D eigenvalue weighted by Gasteiger charge is 2.34. The van der Waals surface area contributed by atoms with E-state index in [0.717, 1.165) is 28.0 Å². The molecule has 0 spiro atoms. The minimum Gasteiger partial charge on any atom is -0.497 e. The number of carbonyl (C=O) groups is 2. The highest BCUT2D eigenvalue weighted by molar-refractivity contribution is 5.89. The molecule has 31 heavy (non-hydrogen) atoms. The number of nitrogens with zero attached hydrogens (tertiary/aromatic N) is 1. The topological polar surface area (TPSA) is 58.6 Å². The van der Waals surface area contributed by atoms with Crippen LogP contribution in [-0.2, 0) is 22.7 Å². The molecule has 0 radical (unpaired) electrons. The number of hydrogen-bond donors (Lipinski definition) is 1. The van der Waals surface area contributed by atoms with E-state index >= 15 is 0 Å². The van der Waals surface area contributed by atoms with Gasteiger partial charge in [-0.25, -0.2) is 0 Å². The maximum atomic E-state index is 12.8. The molecule has 3 aromatic carbocycles. The molecule has 0 aliphatic carbocycles. The van der Waals surface area contributed by atoms with E-state index in [2.05, 4.69) is 23.5 Å². The Labute approximate surface area is 182 Å². The number of amides is 2. The Morgan fingerprint density at radius 1 is 1.00 bits per heavy atom. The van der Waals surface area contributed by atoms with Crippen LogP contribution in [0, 0.1) is 5.92 Å². The van der Waals surface area contributed by atoms with Crippen LogP contribution in [0.5, 0.6) is 5.75 Å². The number of rotatable bonds is 7. The van der Waals surface area contributed by atoms with Gasteiger partial charge in [0.2, 0.25) is 11.8 Å². The first-order valence-corrected chi connectivity index (χ1v) is 10.5. The average molecular weight is 415 g/mol. The van der Waals surface area contributed by atoms with Crippen LogP contribution in [0.2, 0.25) is 0 Å². The molecular weight excluding hydrogens is 388 g/mol. The number of carbonyl (C=O) groups excluding carboxylic acids is 2. The quantitative estimate of drug-likeness (QED) is 0.635. The third-order valence-electron chi connectivity index (χ3n) is 5.67. The van der Waals surface area contributed by atoms with Gasteiger partial charge in [-0.05, 0) is 34.4 Å². The zero-order valence-corrected chi connectivity index (χ0v) is 17.6. The summed E-state index contributed by atoms with van der Waals surface area (Å²) in [5.74, 6) is 0.397. The van der Waals surface area contributed by atoms with Gasteiger partial charge >= 0.3 is 0 Å². The smallest absolute Gasteiger partial charge is 0.225 e. The van der Waals surface area contributed by atoms with Gasteiger partial charge in [0.1, 0.15) is 5.75 Å². The molecule has 1 fully saturated rings.